The Morgan fingerprint density at radius 3 is 2.75 bits per heavy atom. The van der Waals surface area contributed by atoms with Gasteiger partial charge in [-0.3, -0.25) is 14.2 Å². The Morgan fingerprint density at radius 2 is 2.06 bits per heavy atom. The number of hydrogen-bond acceptors (Lipinski definition) is 6. The van der Waals surface area contributed by atoms with Crippen molar-refractivity contribution in [1.82, 2.24) is 4.90 Å². The molecule has 1 saturated carbocycles. The summed E-state index contributed by atoms with van der Waals surface area (Å²) in [7, 11) is 0. The number of carbonyl (C=O) groups excluding carboxylic acids is 1. The van der Waals surface area contributed by atoms with E-state index in [0.717, 1.165) is 41.4 Å². The molecule has 1 saturated heterocycles. The Bertz CT molecular complexity index is 1260. The molecule has 36 heavy (non-hydrogen) atoms. The van der Waals surface area contributed by atoms with Crippen molar-refractivity contribution in [2.45, 2.75) is 44.2 Å². The quantitative estimate of drug-likeness (QED) is 0.454. The minimum Gasteiger partial charge on any atom is -0.492 e. The van der Waals surface area contributed by atoms with Gasteiger partial charge in [0, 0.05) is 11.5 Å². The Morgan fingerprint density at radius 1 is 1.31 bits per heavy atom. The van der Waals surface area contributed by atoms with Crippen LogP contribution in [0, 0.1) is 11.7 Å². The zero-order valence-corrected chi connectivity index (χ0v) is 20.5. The Hall–Kier alpha value is -2.86. The molecule has 3 aliphatic rings. The van der Waals surface area contributed by atoms with Gasteiger partial charge in [0.05, 0.1) is 30.1 Å². The van der Waals surface area contributed by atoms with Gasteiger partial charge in [0.2, 0.25) is 0 Å². The summed E-state index contributed by atoms with van der Waals surface area (Å²) in [4.78, 5) is 27.7. The molecular formula is C25H28FN3O6S. The lowest BCUT2D eigenvalue weighted by atomic mass is 9.95. The number of fused-ring (bicyclic) bond motifs is 3. The van der Waals surface area contributed by atoms with E-state index in [1.807, 2.05) is 11.8 Å². The largest absolute Gasteiger partial charge is 0.492 e. The molecule has 2 heterocycles. The second kappa shape index (κ2) is 9.55. The van der Waals surface area contributed by atoms with E-state index in [-0.39, 0.29) is 40.0 Å². The smallest absolute Gasteiger partial charge is 0.341 e. The fraction of sp³-hybridized carbons (Fsp3) is 0.440. The molecule has 4 unspecified atom stereocenters. The number of aromatic carboxylic acids is 1. The molecule has 0 bridgehead atoms. The molecule has 2 fully saturated rings. The Balaban J connectivity index is 1.61. The number of nitrogens with two attached hydrogens (primary N) is 1. The van der Waals surface area contributed by atoms with Crippen LogP contribution in [-0.4, -0.2) is 56.3 Å². The lowest BCUT2D eigenvalue weighted by Crippen LogP contribution is -2.41. The fourth-order valence-electron chi connectivity index (χ4n) is 5.56. The lowest BCUT2D eigenvalue weighted by molar-refractivity contribution is -0.124. The van der Waals surface area contributed by atoms with Crippen LogP contribution in [0.5, 0.6) is 5.75 Å². The van der Waals surface area contributed by atoms with Crippen molar-refractivity contribution >= 4 is 34.4 Å². The number of carbonyl (C=O) groups is 2. The van der Waals surface area contributed by atoms with Crippen LogP contribution >= 0.6 is 0 Å². The van der Waals surface area contributed by atoms with Crippen LogP contribution in [-0.2, 0) is 16.1 Å². The maximum atomic E-state index is 14.4. The van der Waals surface area contributed by atoms with Gasteiger partial charge in [0.15, 0.2) is 5.78 Å². The van der Waals surface area contributed by atoms with Gasteiger partial charge >= 0.3 is 5.97 Å². The van der Waals surface area contributed by atoms with Crippen LogP contribution < -0.4 is 14.8 Å². The summed E-state index contributed by atoms with van der Waals surface area (Å²) in [6.07, 6.45) is 2.35. The third kappa shape index (κ3) is 4.19. The fourth-order valence-corrected chi connectivity index (χ4v) is 6.21. The van der Waals surface area contributed by atoms with E-state index in [9.17, 15) is 27.8 Å². The number of carboxylic acids is 1. The van der Waals surface area contributed by atoms with Gasteiger partial charge in [-0.05, 0) is 68.1 Å². The SMILES string of the molecule is CCN1CCC[C@H]1C(=O)C(N)c1cc(F)ccc1N(c1ccc2c(c1C(=O)O)OCC1CC21)S(=O)O. The Kier molecular flexibility index (Phi) is 6.58. The van der Waals surface area contributed by atoms with Gasteiger partial charge in [-0.15, -0.1) is 0 Å². The molecule has 5 rings (SSSR count). The minimum atomic E-state index is -2.77. The van der Waals surface area contributed by atoms with Crippen molar-refractivity contribution in [1.29, 1.82) is 0 Å². The highest BCUT2D eigenvalue weighted by molar-refractivity contribution is 7.81. The topological polar surface area (TPSA) is 133 Å². The third-order valence-corrected chi connectivity index (χ3v) is 8.17. The number of Topliss-reactive ketones (excluding diaryl/α,β-unsaturated/α-hetero) is 1. The van der Waals surface area contributed by atoms with E-state index in [1.165, 1.54) is 12.1 Å². The number of halogens is 1. The van der Waals surface area contributed by atoms with Gasteiger partial charge in [0.1, 0.15) is 17.1 Å². The van der Waals surface area contributed by atoms with Crippen molar-refractivity contribution in [3.63, 3.8) is 0 Å². The molecule has 2 aromatic rings. The molecule has 11 heteroatoms. The summed E-state index contributed by atoms with van der Waals surface area (Å²) in [5.74, 6) is -1.61. The first-order valence-corrected chi connectivity index (χ1v) is 13.1. The molecule has 5 atom stereocenters. The van der Waals surface area contributed by atoms with Crippen molar-refractivity contribution in [2.75, 3.05) is 24.0 Å². The molecule has 0 spiro atoms. The van der Waals surface area contributed by atoms with Gasteiger partial charge < -0.3 is 15.6 Å². The molecule has 4 N–H and O–H groups in total. The van der Waals surface area contributed by atoms with Crippen LogP contribution in [0.4, 0.5) is 15.8 Å². The van der Waals surface area contributed by atoms with Crippen molar-refractivity contribution < 1.29 is 32.6 Å². The highest BCUT2D eigenvalue weighted by Crippen LogP contribution is 2.56. The number of benzene rings is 2. The van der Waals surface area contributed by atoms with Crippen molar-refractivity contribution in [3.05, 3.63) is 52.8 Å². The summed E-state index contributed by atoms with van der Waals surface area (Å²) in [6, 6.07) is 4.81. The van der Waals surface area contributed by atoms with Crippen LogP contribution in [0.15, 0.2) is 30.3 Å². The highest BCUT2D eigenvalue weighted by Gasteiger charge is 2.46. The zero-order valence-electron chi connectivity index (χ0n) is 19.7. The van der Waals surface area contributed by atoms with E-state index in [1.54, 1.807) is 6.07 Å². The second-order valence-electron chi connectivity index (χ2n) is 9.49. The number of carboxylic acid groups (broad SMARTS) is 1. The molecule has 9 nitrogen and oxygen atoms in total. The van der Waals surface area contributed by atoms with E-state index in [0.29, 0.717) is 25.5 Å². The summed E-state index contributed by atoms with van der Waals surface area (Å²) < 4.78 is 44.0. The summed E-state index contributed by atoms with van der Waals surface area (Å²) in [6.45, 7) is 3.73. The predicted octanol–water partition coefficient (Wildman–Crippen LogP) is 3.35. The third-order valence-electron chi connectivity index (χ3n) is 7.47. The van der Waals surface area contributed by atoms with Gasteiger partial charge in [-0.2, -0.15) is 0 Å². The van der Waals surface area contributed by atoms with E-state index >= 15 is 0 Å². The van der Waals surface area contributed by atoms with E-state index < -0.39 is 35.1 Å². The first-order chi connectivity index (χ1) is 17.2. The predicted molar refractivity (Wildman–Crippen MR) is 131 cm³/mol. The van der Waals surface area contributed by atoms with Crippen LogP contribution in [0.3, 0.4) is 0 Å². The summed E-state index contributed by atoms with van der Waals surface area (Å²) in [5.41, 5.74) is 6.72. The molecule has 2 aliphatic heterocycles. The number of ketones is 1. The first kappa shape index (κ1) is 24.8. The van der Waals surface area contributed by atoms with Gasteiger partial charge in [-0.1, -0.05) is 13.0 Å². The molecule has 0 aromatic heterocycles. The lowest BCUT2D eigenvalue weighted by Gasteiger charge is -2.29. The van der Waals surface area contributed by atoms with Gasteiger partial charge in [0.25, 0.3) is 11.3 Å². The molecule has 1 aliphatic carbocycles. The molecular weight excluding hydrogens is 489 g/mol. The maximum absolute atomic E-state index is 14.4. The summed E-state index contributed by atoms with van der Waals surface area (Å²) in [5, 5.41) is 10.1. The molecule has 2 aromatic carbocycles. The number of hydrogen-bond donors (Lipinski definition) is 3. The zero-order chi connectivity index (χ0) is 25.7. The highest BCUT2D eigenvalue weighted by atomic mass is 32.2. The number of anilines is 2. The molecule has 0 amide bonds. The Labute approximate surface area is 210 Å². The number of likely N-dealkylation sites (N-methyl/N-ethyl adjacent to an activating group) is 1. The number of likely N-dealkylation sites (tertiary alicyclic amines) is 1. The minimum absolute atomic E-state index is 0.00240. The number of nitrogens with zero attached hydrogens (tertiary/aromatic N) is 2. The molecule has 192 valence electrons. The summed E-state index contributed by atoms with van der Waals surface area (Å²) >= 11 is -2.77. The van der Waals surface area contributed by atoms with Crippen molar-refractivity contribution in [3.8, 4) is 5.75 Å². The van der Waals surface area contributed by atoms with E-state index in [2.05, 4.69) is 0 Å². The van der Waals surface area contributed by atoms with Crippen molar-refractivity contribution in [2.24, 2.45) is 11.7 Å². The average molecular weight is 518 g/mol. The van der Waals surface area contributed by atoms with Crippen LogP contribution in [0.25, 0.3) is 0 Å². The second-order valence-corrected chi connectivity index (χ2v) is 10.3. The normalized spacial score (nSPS) is 24.3. The van der Waals surface area contributed by atoms with Gasteiger partial charge in [-0.25, -0.2) is 17.7 Å². The maximum Gasteiger partial charge on any atom is 0.341 e. The first-order valence-electron chi connectivity index (χ1n) is 12.0. The average Bonchev–Trinajstić information content (AvgIpc) is 3.50. The van der Waals surface area contributed by atoms with E-state index in [4.69, 9.17) is 10.5 Å². The number of ether oxygens (including phenoxy) is 1. The standard InChI is InChI=1S/C25H28FN3O6S/c1-2-28-9-3-4-20(28)23(30)22(27)17-11-14(26)5-7-18(17)29(36(33)34)19-8-6-15-16-10-13(16)12-35-24(15)21(19)25(31)32/h5-8,11,13,16,20,22H,2-4,9-10,12,27H2,1H3,(H,31,32)(H,33,34)/t13?,16?,20-,22?/m0/s1. The molecule has 0 radical (unpaired) electrons. The number of rotatable bonds is 8. The van der Waals surface area contributed by atoms with Crippen LogP contribution in [0.1, 0.15) is 59.6 Å². The monoisotopic (exact) mass is 517 g/mol. The van der Waals surface area contributed by atoms with Crippen LogP contribution in [0.2, 0.25) is 0 Å².